The highest BCUT2D eigenvalue weighted by Gasteiger charge is 2.45. The predicted octanol–water partition coefficient (Wildman–Crippen LogP) is 2.48. The van der Waals surface area contributed by atoms with Gasteiger partial charge in [-0.15, -0.1) is 0 Å². The molecule has 2 saturated heterocycles. The quantitative estimate of drug-likeness (QED) is 0.720. The summed E-state index contributed by atoms with van der Waals surface area (Å²) in [7, 11) is 4.26. The molecule has 2 fully saturated rings. The molecule has 0 saturated carbocycles. The van der Waals surface area contributed by atoms with Crippen LogP contribution < -0.4 is 0 Å². The Balaban J connectivity index is 2.02. The molecule has 1 amide bonds. The van der Waals surface area contributed by atoms with Crippen molar-refractivity contribution in [1.82, 2.24) is 9.80 Å². The van der Waals surface area contributed by atoms with E-state index in [1.807, 2.05) is 25.7 Å². The summed E-state index contributed by atoms with van der Waals surface area (Å²) in [6, 6.07) is 1.37. The van der Waals surface area contributed by atoms with Gasteiger partial charge in [0, 0.05) is 18.1 Å². The highest BCUT2D eigenvalue weighted by atomic mass is 16.6. The van der Waals surface area contributed by atoms with E-state index in [0.29, 0.717) is 18.1 Å². The molecule has 0 aromatic heterocycles. The van der Waals surface area contributed by atoms with Gasteiger partial charge < -0.3 is 14.5 Å². The topological polar surface area (TPSA) is 32.8 Å². The average molecular weight is 254 g/mol. The molecule has 0 aromatic carbocycles. The van der Waals surface area contributed by atoms with Crippen molar-refractivity contribution in [2.75, 3.05) is 14.1 Å². The Morgan fingerprint density at radius 3 is 2.06 bits per heavy atom. The first-order valence-corrected chi connectivity index (χ1v) is 6.95. The zero-order chi connectivity index (χ0) is 13.5. The molecule has 0 spiro atoms. The van der Waals surface area contributed by atoms with Gasteiger partial charge in [-0.2, -0.15) is 0 Å². The first-order chi connectivity index (χ1) is 8.28. The van der Waals surface area contributed by atoms with Crippen LogP contribution in [0, 0.1) is 0 Å². The maximum absolute atomic E-state index is 12.2. The summed E-state index contributed by atoms with van der Waals surface area (Å²) in [5, 5.41) is 0. The fourth-order valence-electron chi connectivity index (χ4n) is 3.18. The van der Waals surface area contributed by atoms with Gasteiger partial charge in [-0.3, -0.25) is 0 Å². The van der Waals surface area contributed by atoms with Crippen LogP contribution in [0.15, 0.2) is 0 Å². The van der Waals surface area contributed by atoms with Crippen LogP contribution in [0.2, 0.25) is 0 Å². The van der Waals surface area contributed by atoms with Crippen molar-refractivity contribution in [3.63, 3.8) is 0 Å². The number of fused-ring (bicyclic) bond motifs is 2. The largest absolute Gasteiger partial charge is 0.444 e. The van der Waals surface area contributed by atoms with Gasteiger partial charge in [0.05, 0.1) is 0 Å². The molecular weight excluding hydrogens is 228 g/mol. The molecule has 0 aliphatic carbocycles. The van der Waals surface area contributed by atoms with Gasteiger partial charge in [-0.25, -0.2) is 4.79 Å². The normalized spacial score (nSPS) is 31.9. The standard InChI is InChI=1S/C14H26N2O2/c1-14(2,3)18-13(17)16-10-6-7-11(16)9-12(8-10)15(4)5/h10-12H,6-9H2,1-5H3/t10-,11+,12?. The highest BCUT2D eigenvalue weighted by molar-refractivity contribution is 5.69. The zero-order valence-corrected chi connectivity index (χ0v) is 12.3. The Bertz CT molecular complexity index is 308. The van der Waals surface area contributed by atoms with E-state index >= 15 is 0 Å². The molecule has 2 heterocycles. The summed E-state index contributed by atoms with van der Waals surface area (Å²) in [6.07, 6.45) is 4.32. The Hall–Kier alpha value is -0.770. The molecule has 2 aliphatic heterocycles. The molecule has 18 heavy (non-hydrogen) atoms. The van der Waals surface area contributed by atoms with Crippen molar-refractivity contribution in [3.05, 3.63) is 0 Å². The molecule has 1 unspecified atom stereocenters. The summed E-state index contributed by atoms with van der Waals surface area (Å²) >= 11 is 0. The lowest BCUT2D eigenvalue weighted by atomic mass is 9.97. The van der Waals surface area contributed by atoms with Crippen molar-refractivity contribution in [2.45, 2.75) is 70.2 Å². The maximum Gasteiger partial charge on any atom is 0.410 e. The van der Waals surface area contributed by atoms with E-state index in [4.69, 9.17) is 4.74 Å². The van der Waals surface area contributed by atoms with E-state index in [9.17, 15) is 4.79 Å². The minimum atomic E-state index is -0.394. The van der Waals surface area contributed by atoms with E-state index in [-0.39, 0.29) is 6.09 Å². The van der Waals surface area contributed by atoms with Crippen LogP contribution in [-0.4, -0.2) is 53.7 Å². The third kappa shape index (κ3) is 2.79. The Morgan fingerprint density at radius 1 is 1.17 bits per heavy atom. The molecule has 4 nitrogen and oxygen atoms in total. The third-order valence-electron chi connectivity index (χ3n) is 4.04. The second kappa shape index (κ2) is 4.72. The van der Waals surface area contributed by atoms with Crippen molar-refractivity contribution in [3.8, 4) is 0 Å². The van der Waals surface area contributed by atoms with E-state index in [2.05, 4.69) is 19.0 Å². The molecular formula is C14H26N2O2. The number of hydrogen-bond donors (Lipinski definition) is 0. The van der Waals surface area contributed by atoms with Gasteiger partial charge in [0.1, 0.15) is 5.60 Å². The zero-order valence-electron chi connectivity index (χ0n) is 12.3. The molecule has 104 valence electrons. The smallest absolute Gasteiger partial charge is 0.410 e. The third-order valence-corrected chi connectivity index (χ3v) is 4.04. The molecule has 2 rings (SSSR count). The molecule has 2 aliphatic rings. The fraction of sp³-hybridized carbons (Fsp3) is 0.929. The number of rotatable bonds is 1. The maximum atomic E-state index is 12.2. The summed E-state index contributed by atoms with van der Waals surface area (Å²) in [5.74, 6) is 0. The van der Waals surface area contributed by atoms with Crippen molar-refractivity contribution in [2.24, 2.45) is 0 Å². The van der Waals surface area contributed by atoms with Gasteiger partial charge in [-0.1, -0.05) is 0 Å². The number of carbonyl (C=O) groups is 1. The Morgan fingerprint density at radius 2 is 1.67 bits per heavy atom. The molecule has 2 bridgehead atoms. The lowest BCUT2D eigenvalue weighted by Crippen LogP contribution is -2.52. The SMILES string of the molecule is CN(C)C1C[C@H]2CC[C@@H](C1)N2C(=O)OC(C)(C)C. The number of piperidine rings is 1. The van der Waals surface area contributed by atoms with E-state index < -0.39 is 5.60 Å². The van der Waals surface area contributed by atoms with Crippen LogP contribution in [-0.2, 0) is 4.74 Å². The molecule has 3 atom stereocenters. The lowest BCUT2D eigenvalue weighted by molar-refractivity contribution is -0.000588. The first-order valence-electron chi connectivity index (χ1n) is 6.95. The summed E-state index contributed by atoms with van der Waals surface area (Å²) in [5.41, 5.74) is -0.394. The highest BCUT2D eigenvalue weighted by Crippen LogP contribution is 2.37. The van der Waals surface area contributed by atoms with Gasteiger partial charge in [0.2, 0.25) is 0 Å². The van der Waals surface area contributed by atoms with Crippen LogP contribution in [0.25, 0.3) is 0 Å². The second-order valence-corrected chi connectivity index (χ2v) is 6.86. The van der Waals surface area contributed by atoms with Gasteiger partial charge in [-0.05, 0) is 60.5 Å². The Labute approximate surface area is 110 Å². The number of carbonyl (C=O) groups excluding carboxylic acids is 1. The summed E-state index contributed by atoms with van der Waals surface area (Å²) < 4.78 is 5.53. The lowest BCUT2D eigenvalue weighted by Gasteiger charge is -2.41. The summed E-state index contributed by atoms with van der Waals surface area (Å²) in [4.78, 5) is 16.5. The average Bonchev–Trinajstić information content (AvgIpc) is 2.47. The number of ether oxygens (including phenoxy) is 1. The van der Waals surface area contributed by atoms with Crippen molar-refractivity contribution < 1.29 is 9.53 Å². The van der Waals surface area contributed by atoms with Crippen LogP contribution in [0.5, 0.6) is 0 Å². The van der Waals surface area contributed by atoms with Gasteiger partial charge in [0.15, 0.2) is 0 Å². The number of amides is 1. The molecule has 4 heteroatoms. The van der Waals surface area contributed by atoms with Gasteiger partial charge in [0.25, 0.3) is 0 Å². The minimum Gasteiger partial charge on any atom is -0.444 e. The molecule has 0 N–H and O–H groups in total. The van der Waals surface area contributed by atoms with Crippen molar-refractivity contribution in [1.29, 1.82) is 0 Å². The van der Waals surface area contributed by atoms with Crippen LogP contribution in [0.3, 0.4) is 0 Å². The van der Waals surface area contributed by atoms with Crippen LogP contribution >= 0.6 is 0 Å². The first kappa shape index (κ1) is 13.7. The predicted molar refractivity (Wildman–Crippen MR) is 71.6 cm³/mol. The fourth-order valence-corrected chi connectivity index (χ4v) is 3.18. The molecule has 0 radical (unpaired) electrons. The van der Waals surface area contributed by atoms with Gasteiger partial charge >= 0.3 is 6.09 Å². The summed E-state index contributed by atoms with van der Waals surface area (Å²) in [6.45, 7) is 5.79. The number of hydrogen-bond acceptors (Lipinski definition) is 3. The monoisotopic (exact) mass is 254 g/mol. The Kier molecular flexibility index (Phi) is 3.58. The minimum absolute atomic E-state index is 0.118. The van der Waals surface area contributed by atoms with Crippen LogP contribution in [0.1, 0.15) is 46.5 Å². The van der Waals surface area contributed by atoms with E-state index in [0.717, 1.165) is 25.7 Å². The van der Waals surface area contributed by atoms with E-state index in [1.165, 1.54) is 0 Å². The molecule has 0 aromatic rings. The van der Waals surface area contributed by atoms with Crippen LogP contribution in [0.4, 0.5) is 4.79 Å². The number of nitrogens with zero attached hydrogens (tertiary/aromatic N) is 2. The van der Waals surface area contributed by atoms with E-state index in [1.54, 1.807) is 0 Å². The second-order valence-electron chi connectivity index (χ2n) is 6.86. The van der Waals surface area contributed by atoms with Crippen molar-refractivity contribution >= 4 is 6.09 Å².